The van der Waals surface area contributed by atoms with Crippen LogP contribution in [-0.4, -0.2) is 24.3 Å². The van der Waals surface area contributed by atoms with E-state index in [4.69, 9.17) is 0 Å². The Hall–Kier alpha value is -3.65. The SMILES string of the molecule is O=C(Nc1ccc2ccccc2c1)[C@@H]1C[C@H]1c1ccc(S(=O)(=O)Nc2ncc[nH]2)cc1. The number of nitrogens with zero attached hydrogens (tertiary/aromatic N) is 1. The highest BCUT2D eigenvalue weighted by Crippen LogP contribution is 2.48. The van der Waals surface area contributed by atoms with E-state index in [9.17, 15) is 13.2 Å². The molecule has 1 aliphatic carbocycles. The molecule has 3 N–H and O–H groups in total. The average Bonchev–Trinajstić information content (AvgIpc) is 3.43. The summed E-state index contributed by atoms with van der Waals surface area (Å²) in [5.74, 6) is 0.124. The lowest BCUT2D eigenvalue weighted by Crippen LogP contribution is -2.15. The van der Waals surface area contributed by atoms with Gasteiger partial charge in [0, 0.05) is 24.0 Å². The third-order valence-electron chi connectivity index (χ3n) is 5.49. The van der Waals surface area contributed by atoms with Gasteiger partial charge in [-0.1, -0.05) is 42.5 Å². The molecular formula is C23H20N4O3S. The number of amides is 1. The van der Waals surface area contributed by atoms with Crippen LogP contribution in [0.1, 0.15) is 17.9 Å². The first-order valence-electron chi connectivity index (χ1n) is 9.91. The maximum absolute atomic E-state index is 12.7. The molecule has 1 fully saturated rings. The lowest BCUT2D eigenvalue weighted by Gasteiger charge is -2.08. The molecule has 0 bridgehead atoms. The summed E-state index contributed by atoms with van der Waals surface area (Å²) in [7, 11) is -3.72. The molecule has 5 rings (SSSR count). The van der Waals surface area contributed by atoms with Crippen LogP contribution in [0.3, 0.4) is 0 Å². The number of sulfonamides is 1. The molecule has 31 heavy (non-hydrogen) atoms. The summed E-state index contributed by atoms with van der Waals surface area (Å²) in [6, 6.07) is 20.5. The standard InChI is InChI=1S/C23H20N4O3S/c28-22(26-18-8-5-15-3-1-2-4-17(15)13-18)21-14-20(21)16-6-9-19(10-7-16)31(29,30)27-23-24-11-12-25-23/h1-13,20-21H,14H2,(H,26,28)(H2,24,25,27)/t20-,21+/m0/s1. The molecule has 1 aromatic heterocycles. The third kappa shape index (κ3) is 4.02. The normalized spacial score (nSPS) is 17.9. The van der Waals surface area contributed by atoms with E-state index < -0.39 is 10.0 Å². The van der Waals surface area contributed by atoms with Crippen LogP contribution >= 0.6 is 0 Å². The number of carbonyl (C=O) groups excluding carboxylic acids is 1. The van der Waals surface area contributed by atoms with Crippen LogP contribution in [0.4, 0.5) is 11.6 Å². The predicted molar refractivity (Wildman–Crippen MR) is 119 cm³/mol. The van der Waals surface area contributed by atoms with Crippen molar-refractivity contribution in [2.75, 3.05) is 10.0 Å². The number of benzene rings is 3. The Morgan fingerprint density at radius 1 is 1.00 bits per heavy atom. The minimum absolute atomic E-state index is 0.0172. The van der Waals surface area contributed by atoms with Gasteiger partial charge in [-0.05, 0) is 52.9 Å². The first-order chi connectivity index (χ1) is 15.0. The molecule has 1 saturated carbocycles. The van der Waals surface area contributed by atoms with Gasteiger partial charge in [-0.25, -0.2) is 18.1 Å². The monoisotopic (exact) mass is 432 g/mol. The van der Waals surface area contributed by atoms with Crippen molar-refractivity contribution in [3.05, 3.63) is 84.7 Å². The van der Waals surface area contributed by atoms with Gasteiger partial charge in [0.05, 0.1) is 4.90 Å². The van der Waals surface area contributed by atoms with Gasteiger partial charge in [0.15, 0.2) is 0 Å². The number of nitrogens with one attached hydrogen (secondary N) is 3. The van der Waals surface area contributed by atoms with Crippen LogP contribution in [0.25, 0.3) is 10.8 Å². The molecule has 0 spiro atoms. The summed E-state index contributed by atoms with van der Waals surface area (Å²) < 4.78 is 27.2. The average molecular weight is 433 g/mol. The lowest BCUT2D eigenvalue weighted by atomic mass is 10.1. The first-order valence-corrected chi connectivity index (χ1v) is 11.4. The zero-order valence-corrected chi connectivity index (χ0v) is 17.3. The maximum Gasteiger partial charge on any atom is 0.264 e. The molecule has 0 saturated heterocycles. The largest absolute Gasteiger partial charge is 0.330 e. The zero-order chi connectivity index (χ0) is 21.4. The lowest BCUT2D eigenvalue weighted by molar-refractivity contribution is -0.117. The van der Waals surface area contributed by atoms with Gasteiger partial charge in [-0.3, -0.25) is 4.79 Å². The number of imidazole rings is 1. The highest BCUT2D eigenvalue weighted by Gasteiger charge is 2.44. The topological polar surface area (TPSA) is 104 Å². The first kappa shape index (κ1) is 19.3. The fourth-order valence-corrected chi connectivity index (χ4v) is 4.74. The van der Waals surface area contributed by atoms with Crippen molar-refractivity contribution in [1.82, 2.24) is 9.97 Å². The second kappa shape index (κ2) is 7.55. The number of hydrogen-bond donors (Lipinski definition) is 3. The number of aromatic nitrogens is 2. The molecule has 1 heterocycles. The number of anilines is 2. The summed E-state index contributed by atoms with van der Waals surface area (Å²) in [5.41, 5.74) is 1.73. The Bertz CT molecular complexity index is 1350. The van der Waals surface area contributed by atoms with E-state index in [0.29, 0.717) is 0 Å². The summed E-state index contributed by atoms with van der Waals surface area (Å²) >= 11 is 0. The Balaban J connectivity index is 1.24. The molecule has 156 valence electrons. The van der Waals surface area contributed by atoms with E-state index in [0.717, 1.165) is 28.4 Å². The third-order valence-corrected chi connectivity index (χ3v) is 6.85. The van der Waals surface area contributed by atoms with E-state index in [1.54, 1.807) is 24.3 Å². The fraction of sp³-hybridized carbons (Fsp3) is 0.130. The Kier molecular flexibility index (Phi) is 4.71. The van der Waals surface area contributed by atoms with E-state index in [1.165, 1.54) is 12.4 Å². The minimum atomic E-state index is -3.72. The molecule has 4 aromatic rings. The quantitative estimate of drug-likeness (QED) is 0.427. The molecular weight excluding hydrogens is 412 g/mol. The second-order valence-corrected chi connectivity index (χ2v) is 9.29. The van der Waals surface area contributed by atoms with Gasteiger partial charge in [0.2, 0.25) is 11.9 Å². The molecule has 0 unspecified atom stereocenters. The van der Waals surface area contributed by atoms with Crippen molar-refractivity contribution in [2.45, 2.75) is 17.2 Å². The van der Waals surface area contributed by atoms with Gasteiger partial charge >= 0.3 is 0 Å². The molecule has 3 aromatic carbocycles. The number of rotatable bonds is 6. The van der Waals surface area contributed by atoms with Crippen LogP contribution in [0, 0.1) is 5.92 Å². The van der Waals surface area contributed by atoms with Gasteiger partial charge in [-0.2, -0.15) is 0 Å². The van der Waals surface area contributed by atoms with Crippen molar-refractivity contribution in [1.29, 1.82) is 0 Å². The molecule has 1 aliphatic rings. The Labute approximate surface area is 179 Å². The van der Waals surface area contributed by atoms with Gasteiger partial charge in [0.25, 0.3) is 10.0 Å². The molecule has 1 amide bonds. The smallest absolute Gasteiger partial charge is 0.264 e. The van der Waals surface area contributed by atoms with Crippen LogP contribution in [0.2, 0.25) is 0 Å². The predicted octanol–water partition coefficient (Wildman–Crippen LogP) is 4.11. The van der Waals surface area contributed by atoms with Crippen LogP contribution in [-0.2, 0) is 14.8 Å². The van der Waals surface area contributed by atoms with Crippen molar-refractivity contribution < 1.29 is 13.2 Å². The summed E-state index contributed by atoms with van der Waals surface area (Å²) in [6.45, 7) is 0. The van der Waals surface area contributed by atoms with E-state index in [1.807, 2.05) is 42.5 Å². The fourth-order valence-electron chi connectivity index (χ4n) is 3.76. The number of carbonyl (C=O) groups is 1. The summed E-state index contributed by atoms with van der Waals surface area (Å²) in [5, 5.41) is 5.20. The van der Waals surface area contributed by atoms with Crippen molar-refractivity contribution >= 4 is 38.3 Å². The zero-order valence-electron chi connectivity index (χ0n) is 16.4. The minimum Gasteiger partial charge on any atom is -0.330 e. The van der Waals surface area contributed by atoms with Gasteiger partial charge in [-0.15, -0.1) is 0 Å². The van der Waals surface area contributed by atoms with E-state index >= 15 is 0 Å². The Morgan fingerprint density at radius 3 is 2.52 bits per heavy atom. The van der Waals surface area contributed by atoms with Crippen molar-refractivity contribution in [3.8, 4) is 0 Å². The number of hydrogen-bond acceptors (Lipinski definition) is 4. The second-order valence-electron chi connectivity index (χ2n) is 7.61. The number of fused-ring (bicyclic) bond motifs is 1. The van der Waals surface area contributed by atoms with E-state index in [-0.39, 0.29) is 28.6 Å². The van der Waals surface area contributed by atoms with Gasteiger partial charge in [0.1, 0.15) is 0 Å². The van der Waals surface area contributed by atoms with Crippen LogP contribution in [0.5, 0.6) is 0 Å². The van der Waals surface area contributed by atoms with Crippen molar-refractivity contribution in [3.63, 3.8) is 0 Å². The molecule has 7 nitrogen and oxygen atoms in total. The Morgan fingerprint density at radius 2 is 1.77 bits per heavy atom. The van der Waals surface area contributed by atoms with Crippen LogP contribution in [0.15, 0.2) is 84.0 Å². The number of aromatic amines is 1. The molecule has 0 aliphatic heterocycles. The highest BCUT2D eigenvalue weighted by molar-refractivity contribution is 7.92. The summed E-state index contributed by atoms with van der Waals surface area (Å²) in [6.07, 6.45) is 3.75. The molecule has 2 atom stereocenters. The van der Waals surface area contributed by atoms with E-state index in [2.05, 4.69) is 20.0 Å². The van der Waals surface area contributed by atoms with Gasteiger partial charge < -0.3 is 10.3 Å². The molecule has 0 radical (unpaired) electrons. The highest BCUT2D eigenvalue weighted by atomic mass is 32.2. The molecule has 8 heteroatoms. The maximum atomic E-state index is 12.7. The summed E-state index contributed by atoms with van der Waals surface area (Å²) in [4.78, 5) is 19.4. The van der Waals surface area contributed by atoms with Crippen molar-refractivity contribution in [2.24, 2.45) is 5.92 Å². The van der Waals surface area contributed by atoms with Crippen LogP contribution < -0.4 is 10.0 Å². The number of H-pyrrole nitrogens is 1.